The predicted octanol–water partition coefficient (Wildman–Crippen LogP) is 4.15. The van der Waals surface area contributed by atoms with Gasteiger partial charge in [-0.15, -0.1) is 0 Å². The zero-order valence-electron chi connectivity index (χ0n) is 14.7. The molecule has 1 atom stereocenters. The van der Waals surface area contributed by atoms with Crippen molar-refractivity contribution in [1.82, 2.24) is 10.2 Å². The zero-order chi connectivity index (χ0) is 18.2. The Hall–Kier alpha value is -1.75. The molecule has 0 aliphatic carbocycles. The monoisotopic (exact) mass is 366 g/mol. The van der Waals surface area contributed by atoms with E-state index in [-0.39, 0.29) is 17.9 Å². The molecule has 1 fully saturated rings. The summed E-state index contributed by atoms with van der Waals surface area (Å²) in [5.74, 6) is -0.803. The number of rotatable bonds is 7. The number of benzene rings is 1. The summed E-state index contributed by atoms with van der Waals surface area (Å²) in [5.41, 5.74) is 0.998. The number of carbonyl (C=O) groups excluding carboxylic acids is 1. The molecule has 0 spiro atoms. The van der Waals surface area contributed by atoms with E-state index in [1.165, 1.54) is 0 Å². The highest BCUT2D eigenvalue weighted by molar-refractivity contribution is 6.30. The number of halogens is 1. The Kier molecular flexibility index (Phi) is 7.56. The van der Waals surface area contributed by atoms with Gasteiger partial charge in [-0.2, -0.15) is 0 Å². The van der Waals surface area contributed by atoms with Crippen molar-refractivity contribution in [2.24, 2.45) is 11.8 Å². The number of urea groups is 1. The molecule has 2 amide bonds. The first-order valence-corrected chi connectivity index (χ1v) is 9.39. The standard InChI is InChI=1S/C19H27ClN2O3/c1-2-3-4-17(18(23)24)15-9-11-22(12-10-15)19(25)21-13-14-5-7-16(20)8-6-14/h5-8,15,17H,2-4,9-13H2,1H3,(H,21,25)(H,23,24). The number of carboxylic acids is 1. The fourth-order valence-electron chi connectivity index (χ4n) is 3.38. The molecule has 1 aromatic rings. The number of likely N-dealkylation sites (tertiary alicyclic amines) is 1. The van der Waals surface area contributed by atoms with Crippen molar-refractivity contribution in [3.8, 4) is 0 Å². The average molecular weight is 367 g/mol. The van der Waals surface area contributed by atoms with Crippen LogP contribution in [0.5, 0.6) is 0 Å². The van der Waals surface area contributed by atoms with Crippen LogP contribution in [0, 0.1) is 11.8 Å². The summed E-state index contributed by atoms with van der Waals surface area (Å²) in [6.45, 7) is 3.77. The molecular formula is C19H27ClN2O3. The molecular weight excluding hydrogens is 340 g/mol. The number of nitrogens with one attached hydrogen (secondary N) is 1. The van der Waals surface area contributed by atoms with Crippen LogP contribution in [0.25, 0.3) is 0 Å². The van der Waals surface area contributed by atoms with Crippen molar-refractivity contribution >= 4 is 23.6 Å². The third-order valence-corrected chi connectivity index (χ3v) is 5.19. The lowest BCUT2D eigenvalue weighted by Crippen LogP contribution is -2.45. The smallest absolute Gasteiger partial charge is 0.317 e. The summed E-state index contributed by atoms with van der Waals surface area (Å²) in [7, 11) is 0. The number of nitrogens with zero attached hydrogens (tertiary/aromatic N) is 1. The molecule has 2 N–H and O–H groups in total. The lowest BCUT2D eigenvalue weighted by molar-refractivity contribution is -0.144. The Labute approximate surface area is 154 Å². The van der Waals surface area contributed by atoms with E-state index in [1.54, 1.807) is 17.0 Å². The van der Waals surface area contributed by atoms with Crippen LogP contribution in [0.3, 0.4) is 0 Å². The normalized spacial score (nSPS) is 16.5. The predicted molar refractivity (Wildman–Crippen MR) is 98.6 cm³/mol. The number of unbranched alkanes of at least 4 members (excludes halogenated alkanes) is 1. The van der Waals surface area contributed by atoms with Gasteiger partial charge in [0, 0.05) is 24.7 Å². The molecule has 6 heteroatoms. The van der Waals surface area contributed by atoms with E-state index in [0.29, 0.717) is 24.7 Å². The quantitative estimate of drug-likeness (QED) is 0.761. The molecule has 0 saturated carbocycles. The Morgan fingerprint density at radius 3 is 2.48 bits per heavy atom. The minimum absolute atomic E-state index is 0.0890. The van der Waals surface area contributed by atoms with Crippen molar-refractivity contribution in [1.29, 1.82) is 0 Å². The second-order valence-electron chi connectivity index (χ2n) is 6.70. The summed E-state index contributed by atoms with van der Waals surface area (Å²) >= 11 is 5.85. The first-order valence-electron chi connectivity index (χ1n) is 9.01. The Balaban J connectivity index is 1.79. The lowest BCUT2D eigenvalue weighted by atomic mass is 9.81. The van der Waals surface area contributed by atoms with Gasteiger partial charge in [0.25, 0.3) is 0 Å². The number of aliphatic carboxylic acids is 1. The summed E-state index contributed by atoms with van der Waals surface area (Å²) in [6.07, 6.45) is 4.21. The van der Waals surface area contributed by atoms with Crippen molar-refractivity contribution in [2.45, 2.75) is 45.6 Å². The number of carbonyl (C=O) groups is 2. The minimum atomic E-state index is -0.695. The molecule has 0 aromatic heterocycles. The molecule has 138 valence electrons. The molecule has 0 radical (unpaired) electrons. The molecule has 0 bridgehead atoms. The minimum Gasteiger partial charge on any atom is -0.481 e. The highest BCUT2D eigenvalue weighted by atomic mass is 35.5. The van der Waals surface area contributed by atoms with Gasteiger partial charge in [0.1, 0.15) is 0 Å². The molecule has 5 nitrogen and oxygen atoms in total. The number of hydrogen-bond acceptors (Lipinski definition) is 2. The van der Waals surface area contributed by atoms with Gasteiger partial charge in [0.05, 0.1) is 5.92 Å². The first-order chi connectivity index (χ1) is 12.0. The van der Waals surface area contributed by atoms with Crippen LogP contribution in [0.15, 0.2) is 24.3 Å². The fourth-order valence-corrected chi connectivity index (χ4v) is 3.51. The summed E-state index contributed by atoms with van der Waals surface area (Å²) in [4.78, 5) is 25.6. The molecule has 1 aromatic carbocycles. The average Bonchev–Trinajstić information content (AvgIpc) is 2.61. The van der Waals surface area contributed by atoms with Crippen molar-refractivity contribution < 1.29 is 14.7 Å². The second-order valence-corrected chi connectivity index (χ2v) is 7.13. The molecule has 1 saturated heterocycles. The zero-order valence-corrected chi connectivity index (χ0v) is 15.5. The van der Waals surface area contributed by atoms with Gasteiger partial charge < -0.3 is 15.3 Å². The van der Waals surface area contributed by atoms with E-state index in [9.17, 15) is 14.7 Å². The Bertz CT molecular complexity index is 569. The van der Waals surface area contributed by atoms with Gasteiger partial charge in [-0.1, -0.05) is 43.5 Å². The van der Waals surface area contributed by atoms with E-state index < -0.39 is 5.97 Å². The van der Waals surface area contributed by atoms with Crippen LogP contribution in [0.1, 0.15) is 44.6 Å². The second kappa shape index (κ2) is 9.66. The molecule has 1 aliphatic rings. The first kappa shape index (κ1) is 19.6. The van der Waals surface area contributed by atoms with Gasteiger partial charge in [-0.25, -0.2) is 4.79 Å². The summed E-state index contributed by atoms with van der Waals surface area (Å²) in [6, 6.07) is 7.29. The van der Waals surface area contributed by atoms with Crippen LogP contribution in [0.4, 0.5) is 4.79 Å². The molecule has 2 rings (SSSR count). The van der Waals surface area contributed by atoms with Crippen LogP contribution in [0.2, 0.25) is 5.02 Å². The number of amides is 2. The van der Waals surface area contributed by atoms with Crippen LogP contribution in [-0.4, -0.2) is 35.1 Å². The molecule has 1 unspecified atom stereocenters. The maximum Gasteiger partial charge on any atom is 0.317 e. The SMILES string of the molecule is CCCCC(C(=O)O)C1CCN(C(=O)NCc2ccc(Cl)cc2)CC1. The van der Waals surface area contributed by atoms with E-state index in [4.69, 9.17) is 11.6 Å². The summed E-state index contributed by atoms with van der Waals surface area (Å²) in [5, 5.41) is 13.0. The molecule has 1 aliphatic heterocycles. The molecule has 1 heterocycles. The van der Waals surface area contributed by atoms with Crippen LogP contribution < -0.4 is 5.32 Å². The van der Waals surface area contributed by atoms with Crippen molar-refractivity contribution in [3.63, 3.8) is 0 Å². The van der Waals surface area contributed by atoms with Gasteiger partial charge >= 0.3 is 12.0 Å². The van der Waals surface area contributed by atoms with Crippen molar-refractivity contribution in [2.75, 3.05) is 13.1 Å². The van der Waals surface area contributed by atoms with E-state index in [2.05, 4.69) is 12.2 Å². The van der Waals surface area contributed by atoms with Gasteiger partial charge in [-0.3, -0.25) is 4.79 Å². The highest BCUT2D eigenvalue weighted by Crippen LogP contribution is 2.29. The number of piperidine rings is 1. The third-order valence-electron chi connectivity index (χ3n) is 4.94. The fraction of sp³-hybridized carbons (Fsp3) is 0.579. The third kappa shape index (κ3) is 5.92. The summed E-state index contributed by atoms with van der Waals surface area (Å²) < 4.78 is 0. The maximum atomic E-state index is 12.3. The van der Waals surface area contributed by atoms with Crippen LogP contribution >= 0.6 is 11.6 Å². The van der Waals surface area contributed by atoms with Crippen LogP contribution in [-0.2, 0) is 11.3 Å². The topological polar surface area (TPSA) is 69.6 Å². The van der Waals surface area contributed by atoms with E-state index >= 15 is 0 Å². The highest BCUT2D eigenvalue weighted by Gasteiger charge is 2.32. The maximum absolute atomic E-state index is 12.3. The number of carboxylic acid groups (broad SMARTS) is 1. The van der Waals surface area contributed by atoms with Gasteiger partial charge in [0.2, 0.25) is 0 Å². The van der Waals surface area contributed by atoms with Crippen molar-refractivity contribution in [3.05, 3.63) is 34.9 Å². The number of hydrogen-bond donors (Lipinski definition) is 2. The molecule has 25 heavy (non-hydrogen) atoms. The Morgan fingerprint density at radius 2 is 1.92 bits per heavy atom. The van der Waals surface area contributed by atoms with Gasteiger partial charge in [0.15, 0.2) is 0 Å². The van der Waals surface area contributed by atoms with E-state index in [0.717, 1.165) is 37.7 Å². The van der Waals surface area contributed by atoms with Gasteiger partial charge in [-0.05, 0) is 42.9 Å². The Morgan fingerprint density at radius 1 is 1.28 bits per heavy atom. The largest absolute Gasteiger partial charge is 0.481 e. The van der Waals surface area contributed by atoms with E-state index in [1.807, 2.05) is 12.1 Å². The lowest BCUT2D eigenvalue weighted by Gasteiger charge is -2.34.